The highest BCUT2D eigenvalue weighted by Gasteiger charge is 2.44. The molecule has 1 aliphatic carbocycles. The molecule has 0 N–H and O–H groups in total. The van der Waals surface area contributed by atoms with E-state index >= 15 is 0 Å². The van der Waals surface area contributed by atoms with Crippen LogP contribution in [0.5, 0.6) is 0 Å². The molecule has 4 nitrogen and oxygen atoms in total. The predicted molar refractivity (Wildman–Crippen MR) is 65.8 cm³/mol. The van der Waals surface area contributed by atoms with E-state index < -0.39 is 17.9 Å². The zero-order valence-corrected chi connectivity index (χ0v) is 11.0. The SMILES string of the molecule is CCOC(=O)C1C(=O)OC[C@@H]1CC1CCCCC1. The number of cyclic esters (lactones) is 1. The Morgan fingerprint density at radius 2 is 2.06 bits per heavy atom. The third kappa shape index (κ3) is 3.03. The number of hydrogen-bond acceptors (Lipinski definition) is 4. The maximum atomic E-state index is 11.8. The molecule has 0 amide bonds. The summed E-state index contributed by atoms with van der Waals surface area (Å²) in [6.45, 7) is 2.46. The predicted octanol–water partition coefficient (Wildman–Crippen LogP) is 2.31. The van der Waals surface area contributed by atoms with Crippen molar-refractivity contribution in [2.24, 2.45) is 17.8 Å². The van der Waals surface area contributed by atoms with Crippen molar-refractivity contribution < 1.29 is 19.1 Å². The van der Waals surface area contributed by atoms with Crippen LogP contribution < -0.4 is 0 Å². The zero-order valence-electron chi connectivity index (χ0n) is 11.0. The minimum absolute atomic E-state index is 0.0275. The van der Waals surface area contributed by atoms with Crippen molar-refractivity contribution in [1.29, 1.82) is 0 Å². The molecule has 0 radical (unpaired) electrons. The van der Waals surface area contributed by atoms with Gasteiger partial charge < -0.3 is 9.47 Å². The molecule has 102 valence electrons. The summed E-state index contributed by atoms with van der Waals surface area (Å²) in [6.07, 6.45) is 7.24. The number of rotatable bonds is 4. The van der Waals surface area contributed by atoms with Crippen LogP contribution in [0.1, 0.15) is 45.4 Å². The molecule has 2 fully saturated rings. The van der Waals surface area contributed by atoms with Gasteiger partial charge in [-0.2, -0.15) is 0 Å². The van der Waals surface area contributed by atoms with E-state index in [4.69, 9.17) is 9.47 Å². The fourth-order valence-electron chi connectivity index (χ4n) is 3.14. The largest absolute Gasteiger partial charge is 0.465 e. The summed E-state index contributed by atoms with van der Waals surface area (Å²) >= 11 is 0. The minimum Gasteiger partial charge on any atom is -0.465 e. The van der Waals surface area contributed by atoms with Crippen LogP contribution in [-0.2, 0) is 19.1 Å². The van der Waals surface area contributed by atoms with Crippen molar-refractivity contribution in [2.75, 3.05) is 13.2 Å². The van der Waals surface area contributed by atoms with E-state index in [9.17, 15) is 9.59 Å². The van der Waals surface area contributed by atoms with Crippen LogP contribution in [0.2, 0.25) is 0 Å². The van der Waals surface area contributed by atoms with Gasteiger partial charge in [0.25, 0.3) is 0 Å². The average molecular weight is 254 g/mol. The fraction of sp³-hybridized carbons (Fsp3) is 0.857. The molecule has 4 heteroatoms. The minimum atomic E-state index is -0.674. The van der Waals surface area contributed by atoms with Crippen LogP contribution in [0.4, 0.5) is 0 Å². The Morgan fingerprint density at radius 1 is 1.33 bits per heavy atom. The second-order valence-corrected chi connectivity index (χ2v) is 5.36. The number of carbonyl (C=O) groups excluding carboxylic acids is 2. The van der Waals surface area contributed by atoms with Crippen molar-refractivity contribution in [3.8, 4) is 0 Å². The Morgan fingerprint density at radius 3 is 2.72 bits per heavy atom. The lowest BCUT2D eigenvalue weighted by atomic mass is 9.79. The molecule has 2 rings (SSSR count). The second-order valence-electron chi connectivity index (χ2n) is 5.36. The molecular weight excluding hydrogens is 232 g/mol. The van der Waals surface area contributed by atoms with E-state index in [2.05, 4.69) is 0 Å². The molecule has 1 saturated carbocycles. The summed E-state index contributed by atoms with van der Waals surface area (Å²) in [5.41, 5.74) is 0. The quantitative estimate of drug-likeness (QED) is 0.570. The van der Waals surface area contributed by atoms with Gasteiger partial charge in [0.05, 0.1) is 13.2 Å². The van der Waals surface area contributed by atoms with Gasteiger partial charge in [-0.15, -0.1) is 0 Å². The summed E-state index contributed by atoms with van der Waals surface area (Å²) in [5, 5.41) is 0. The first kappa shape index (κ1) is 13.4. The number of hydrogen-bond donors (Lipinski definition) is 0. The summed E-state index contributed by atoms with van der Waals surface area (Å²) in [7, 11) is 0. The van der Waals surface area contributed by atoms with Gasteiger partial charge in [-0.3, -0.25) is 9.59 Å². The van der Waals surface area contributed by atoms with Crippen molar-refractivity contribution in [3.05, 3.63) is 0 Å². The van der Waals surface area contributed by atoms with Crippen LogP contribution in [0.3, 0.4) is 0 Å². The molecule has 0 spiro atoms. The van der Waals surface area contributed by atoms with E-state index in [1.54, 1.807) is 6.92 Å². The molecule has 0 aromatic heterocycles. The second kappa shape index (κ2) is 6.21. The zero-order chi connectivity index (χ0) is 13.0. The first-order valence-corrected chi connectivity index (χ1v) is 7.05. The van der Waals surface area contributed by atoms with Gasteiger partial charge in [-0.05, 0) is 19.3 Å². The van der Waals surface area contributed by atoms with Crippen molar-refractivity contribution in [3.63, 3.8) is 0 Å². The van der Waals surface area contributed by atoms with Gasteiger partial charge in [0.2, 0.25) is 0 Å². The molecule has 2 atom stereocenters. The van der Waals surface area contributed by atoms with E-state index in [1.165, 1.54) is 32.1 Å². The molecule has 1 unspecified atom stereocenters. The van der Waals surface area contributed by atoms with Crippen LogP contribution in [0.15, 0.2) is 0 Å². The molecule has 18 heavy (non-hydrogen) atoms. The van der Waals surface area contributed by atoms with Gasteiger partial charge in [0.1, 0.15) is 0 Å². The van der Waals surface area contributed by atoms with E-state index in [-0.39, 0.29) is 5.92 Å². The molecule has 2 aliphatic rings. The van der Waals surface area contributed by atoms with Gasteiger partial charge in [-0.25, -0.2) is 0 Å². The maximum Gasteiger partial charge on any atom is 0.320 e. The monoisotopic (exact) mass is 254 g/mol. The Kier molecular flexibility index (Phi) is 4.61. The summed E-state index contributed by atoms with van der Waals surface area (Å²) in [5.74, 6) is -0.795. The molecule has 0 aromatic rings. The fourth-order valence-corrected chi connectivity index (χ4v) is 3.14. The Balaban J connectivity index is 1.93. The molecular formula is C14H22O4. The lowest BCUT2D eigenvalue weighted by molar-refractivity contribution is -0.156. The van der Waals surface area contributed by atoms with Crippen LogP contribution >= 0.6 is 0 Å². The molecule has 0 bridgehead atoms. The van der Waals surface area contributed by atoms with E-state index in [1.807, 2.05) is 0 Å². The Labute approximate surface area is 108 Å². The highest BCUT2D eigenvalue weighted by atomic mass is 16.6. The van der Waals surface area contributed by atoms with Crippen LogP contribution in [0.25, 0.3) is 0 Å². The first-order chi connectivity index (χ1) is 8.72. The third-order valence-electron chi connectivity index (χ3n) is 4.07. The van der Waals surface area contributed by atoms with Gasteiger partial charge in [-0.1, -0.05) is 32.1 Å². The summed E-state index contributed by atoms with van der Waals surface area (Å²) < 4.78 is 10.0. The van der Waals surface area contributed by atoms with Crippen molar-refractivity contribution >= 4 is 11.9 Å². The normalized spacial score (nSPS) is 29.1. The van der Waals surface area contributed by atoms with E-state index in [0.29, 0.717) is 19.1 Å². The smallest absolute Gasteiger partial charge is 0.320 e. The van der Waals surface area contributed by atoms with Gasteiger partial charge >= 0.3 is 11.9 Å². The van der Waals surface area contributed by atoms with Crippen molar-refractivity contribution in [2.45, 2.75) is 45.4 Å². The molecule has 0 aromatic carbocycles. The maximum absolute atomic E-state index is 11.8. The average Bonchev–Trinajstić information content (AvgIpc) is 2.72. The summed E-state index contributed by atoms with van der Waals surface area (Å²) in [6, 6.07) is 0. The van der Waals surface area contributed by atoms with Crippen LogP contribution in [0, 0.1) is 17.8 Å². The number of esters is 2. The highest BCUT2D eigenvalue weighted by Crippen LogP contribution is 2.35. The lowest BCUT2D eigenvalue weighted by Gasteiger charge is -2.24. The van der Waals surface area contributed by atoms with Gasteiger partial charge in [0.15, 0.2) is 5.92 Å². The lowest BCUT2D eigenvalue weighted by Crippen LogP contribution is -2.29. The topological polar surface area (TPSA) is 52.6 Å². The first-order valence-electron chi connectivity index (χ1n) is 7.05. The number of ether oxygens (including phenoxy) is 2. The third-order valence-corrected chi connectivity index (χ3v) is 4.07. The molecule has 1 heterocycles. The van der Waals surface area contributed by atoms with E-state index in [0.717, 1.165) is 6.42 Å². The Hall–Kier alpha value is -1.06. The highest BCUT2D eigenvalue weighted by molar-refractivity contribution is 5.96. The standard InChI is InChI=1S/C14H22O4/c1-2-17-13(15)12-11(9-18-14(12)16)8-10-6-4-3-5-7-10/h10-12H,2-9H2,1H3/t11-,12?/m0/s1. The molecule has 1 saturated heterocycles. The number of carbonyl (C=O) groups is 2. The van der Waals surface area contributed by atoms with Gasteiger partial charge in [0, 0.05) is 5.92 Å². The van der Waals surface area contributed by atoms with Crippen LogP contribution in [-0.4, -0.2) is 25.2 Å². The molecule has 1 aliphatic heterocycles. The Bertz CT molecular complexity index is 307. The summed E-state index contributed by atoms with van der Waals surface area (Å²) in [4.78, 5) is 23.4. The van der Waals surface area contributed by atoms with Crippen molar-refractivity contribution in [1.82, 2.24) is 0 Å².